The van der Waals surface area contributed by atoms with Gasteiger partial charge in [-0.05, 0) is 45.1 Å². The van der Waals surface area contributed by atoms with Crippen molar-refractivity contribution in [2.75, 3.05) is 19.8 Å². The summed E-state index contributed by atoms with van der Waals surface area (Å²) >= 11 is 0. The van der Waals surface area contributed by atoms with Crippen molar-refractivity contribution in [1.82, 2.24) is 5.32 Å². The Morgan fingerprint density at radius 2 is 1.93 bits per heavy atom. The van der Waals surface area contributed by atoms with Crippen LogP contribution in [0.2, 0.25) is 0 Å². The maximum atomic E-state index is 5.44. The number of hydrogen-bond donors (Lipinski definition) is 1. The monoisotopic (exact) mass is 197 g/mol. The number of hydrogen-bond acceptors (Lipinski definition) is 2. The first-order chi connectivity index (χ1) is 6.81. The van der Waals surface area contributed by atoms with Gasteiger partial charge >= 0.3 is 0 Å². The molecular weight excluding hydrogens is 174 g/mol. The van der Waals surface area contributed by atoms with Crippen LogP contribution in [0.4, 0.5) is 0 Å². The molecule has 2 fully saturated rings. The second kappa shape index (κ2) is 4.63. The lowest BCUT2D eigenvalue weighted by Gasteiger charge is -2.40. The Balaban J connectivity index is 1.96. The number of rotatable bonds is 1. The van der Waals surface area contributed by atoms with E-state index in [0.29, 0.717) is 5.54 Å². The van der Waals surface area contributed by atoms with Crippen LogP contribution in [0.5, 0.6) is 0 Å². The summed E-state index contributed by atoms with van der Waals surface area (Å²) < 4.78 is 5.44. The Kier molecular flexibility index (Phi) is 3.45. The molecule has 2 rings (SSSR count). The van der Waals surface area contributed by atoms with Gasteiger partial charge in [-0.1, -0.05) is 12.8 Å². The third-order valence-electron chi connectivity index (χ3n) is 4.02. The second-order valence-corrected chi connectivity index (χ2v) is 5.04. The van der Waals surface area contributed by atoms with E-state index in [9.17, 15) is 0 Å². The summed E-state index contributed by atoms with van der Waals surface area (Å²) in [5.74, 6) is 0.842. The van der Waals surface area contributed by atoms with Gasteiger partial charge in [-0.15, -0.1) is 0 Å². The van der Waals surface area contributed by atoms with Crippen molar-refractivity contribution < 1.29 is 4.74 Å². The molecule has 0 spiro atoms. The van der Waals surface area contributed by atoms with Crippen LogP contribution in [0, 0.1) is 5.92 Å². The summed E-state index contributed by atoms with van der Waals surface area (Å²) in [5, 5.41) is 3.77. The summed E-state index contributed by atoms with van der Waals surface area (Å²) in [4.78, 5) is 0. The number of nitrogens with one attached hydrogen (secondary N) is 1. The van der Waals surface area contributed by atoms with Gasteiger partial charge in [-0.2, -0.15) is 0 Å². The van der Waals surface area contributed by atoms with E-state index in [-0.39, 0.29) is 0 Å². The molecule has 0 aromatic rings. The Hall–Kier alpha value is -0.0800. The minimum atomic E-state index is 0.403. The topological polar surface area (TPSA) is 21.3 Å². The Morgan fingerprint density at radius 1 is 1.14 bits per heavy atom. The van der Waals surface area contributed by atoms with Crippen molar-refractivity contribution in [1.29, 1.82) is 0 Å². The third-order valence-corrected chi connectivity index (χ3v) is 4.02. The van der Waals surface area contributed by atoms with Crippen LogP contribution in [0.3, 0.4) is 0 Å². The number of ether oxygens (including phenoxy) is 1. The molecule has 0 radical (unpaired) electrons. The summed E-state index contributed by atoms with van der Waals surface area (Å²) in [6, 6.07) is 0. The summed E-state index contributed by atoms with van der Waals surface area (Å²) in [6.45, 7) is 5.59. The van der Waals surface area contributed by atoms with Crippen molar-refractivity contribution in [3.8, 4) is 0 Å². The van der Waals surface area contributed by atoms with Crippen LogP contribution in [-0.4, -0.2) is 25.3 Å². The van der Waals surface area contributed by atoms with E-state index in [0.717, 1.165) is 19.1 Å². The lowest BCUT2D eigenvalue weighted by molar-refractivity contribution is 0.0314. The molecule has 14 heavy (non-hydrogen) atoms. The average Bonchev–Trinajstić information content (AvgIpc) is 2.46. The summed E-state index contributed by atoms with van der Waals surface area (Å²) in [5.41, 5.74) is 0.403. The molecule has 1 atom stereocenters. The molecule has 2 nitrogen and oxygen atoms in total. The van der Waals surface area contributed by atoms with Crippen molar-refractivity contribution >= 4 is 0 Å². The fourth-order valence-corrected chi connectivity index (χ4v) is 2.94. The van der Waals surface area contributed by atoms with Crippen LogP contribution in [0.25, 0.3) is 0 Å². The van der Waals surface area contributed by atoms with Crippen molar-refractivity contribution in [3.05, 3.63) is 0 Å². The van der Waals surface area contributed by atoms with Crippen molar-refractivity contribution in [3.63, 3.8) is 0 Å². The predicted molar refractivity (Wildman–Crippen MR) is 58.4 cm³/mol. The van der Waals surface area contributed by atoms with Gasteiger partial charge in [-0.3, -0.25) is 0 Å². The summed E-state index contributed by atoms with van der Waals surface area (Å²) in [6.07, 6.45) is 8.04. The Labute approximate surface area is 87.4 Å². The summed E-state index contributed by atoms with van der Waals surface area (Å²) in [7, 11) is 0. The third kappa shape index (κ3) is 2.29. The fourth-order valence-electron chi connectivity index (χ4n) is 2.94. The van der Waals surface area contributed by atoms with E-state index in [1.54, 1.807) is 0 Å². The molecule has 2 heteroatoms. The van der Waals surface area contributed by atoms with Crippen molar-refractivity contribution in [2.24, 2.45) is 5.92 Å². The van der Waals surface area contributed by atoms with Crippen LogP contribution in [0.1, 0.15) is 45.4 Å². The van der Waals surface area contributed by atoms with E-state index in [1.165, 1.54) is 45.1 Å². The zero-order valence-electron chi connectivity index (χ0n) is 9.35. The van der Waals surface area contributed by atoms with Crippen molar-refractivity contribution in [2.45, 2.75) is 51.0 Å². The zero-order chi connectivity index (χ0) is 9.86. The standard InChI is InChI=1S/C12H23NO/c1-12(7-3-2-4-8-13-12)11-5-9-14-10-6-11/h11,13H,2-10H2,1H3. The van der Waals surface area contributed by atoms with Crippen LogP contribution in [-0.2, 0) is 4.74 Å². The van der Waals surface area contributed by atoms with Gasteiger partial charge in [0, 0.05) is 18.8 Å². The molecule has 2 saturated heterocycles. The lowest BCUT2D eigenvalue weighted by atomic mass is 9.77. The van der Waals surface area contributed by atoms with Gasteiger partial charge in [0.25, 0.3) is 0 Å². The highest BCUT2D eigenvalue weighted by Crippen LogP contribution is 2.32. The largest absolute Gasteiger partial charge is 0.381 e. The molecule has 82 valence electrons. The molecule has 0 aliphatic carbocycles. The van der Waals surface area contributed by atoms with Gasteiger partial charge < -0.3 is 10.1 Å². The highest BCUT2D eigenvalue weighted by Gasteiger charge is 2.34. The second-order valence-electron chi connectivity index (χ2n) is 5.04. The molecule has 2 aliphatic rings. The molecule has 1 N–H and O–H groups in total. The lowest BCUT2D eigenvalue weighted by Crippen LogP contribution is -2.49. The predicted octanol–water partition coefficient (Wildman–Crippen LogP) is 2.34. The minimum Gasteiger partial charge on any atom is -0.381 e. The zero-order valence-corrected chi connectivity index (χ0v) is 9.35. The SMILES string of the molecule is CC1(C2CCOCC2)CCCCCN1. The molecule has 0 aromatic heterocycles. The van der Waals surface area contributed by atoms with Crippen LogP contribution < -0.4 is 5.32 Å². The quantitative estimate of drug-likeness (QED) is 0.696. The van der Waals surface area contributed by atoms with E-state index in [2.05, 4.69) is 12.2 Å². The molecule has 0 aromatic carbocycles. The average molecular weight is 197 g/mol. The Morgan fingerprint density at radius 3 is 2.71 bits per heavy atom. The fraction of sp³-hybridized carbons (Fsp3) is 1.00. The van der Waals surface area contributed by atoms with Gasteiger partial charge in [0.1, 0.15) is 0 Å². The molecule has 2 heterocycles. The molecule has 0 saturated carbocycles. The first-order valence-electron chi connectivity index (χ1n) is 6.14. The minimum absolute atomic E-state index is 0.403. The van der Waals surface area contributed by atoms with E-state index >= 15 is 0 Å². The molecular formula is C12H23NO. The van der Waals surface area contributed by atoms with Gasteiger partial charge in [0.05, 0.1) is 0 Å². The highest BCUT2D eigenvalue weighted by molar-refractivity contribution is 4.92. The van der Waals surface area contributed by atoms with E-state index < -0.39 is 0 Å². The first-order valence-corrected chi connectivity index (χ1v) is 6.14. The van der Waals surface area contributed by atoms with Crippen LogP contribution >= 0.6 is 0 Å². The normalized spacial score (nSPS) is 36.6. The van der Waals surface area contributed by atoms with Gasteiger partial charge in [-0.25, -0.2) is 0 Å². The maximum absolute atomic E-state index is 5.44. The molecule has 0 amide bonds. The van der Waals surface area contributed by atoms with E-state index in [4.69, 9.17) is 4.74 Å². The Bertz CT molecular complexity index is 167. The molecule has 2 aliphatic heterocycles. The van der Waals surface area contributed by atoms with Gasteiger partial charge in [0.15, 0.2) is 0 Å². The molecule has 1 unspecified atom stereocenters. The van der Waals surface area contributed by atoms with E-state index in [1.807, 2.05) is 0 Å². The maximum Gasteiger partial charge on any atom is 0.0469 e. The van der Waals surface area contributed by atoms with Crippen LogP contribution in [0.15, 0.2) is 0 Å². The highest BCUT2D eigenvalue weighted by atomic mass is 16.5. The smallest absolute Gasteiger partial charge is 0.0469 e. The van der Waals surface area contributed by atoms with Gasteiger partial charge in [0.2, 0.25) is 0 Å². The first kappa shape index (κ1) is 10.4. The molecule has 0 bridgehead atoms.